The Kier molecular flexibility index (Phi) is 15.1. The zero-order chi connectivity index (χ0) is 21.3. The first-order valence-electron chi connectivity index (χ1n) is 13.3. The summed E-state index contributed by atoms with van der Waals surface area (Å²) in [4.78, 5) is 0. The molecule has 0 spiro atoms. The molecule has 0 aromatic heterocycles. The third-order valence-corrected chi connectivity index (χ3v) is 6.39. The third kappa shape index (κ3) is 12.6. The van der Waals surface area contributed by atoms with Gasteiger partial charge in [0.2, 0.25) is 0 Å². The van der Waals surface area contributed by atoms with E-state index in [-0.39, 0.29) is 24.4 Å². The smallest absolute Gasteiger partial charge is 0.115 e. The molecule has 2 heterocycles. The van der Waals surface area contributed by atoms with E-state index in [1.807, 2.05) is 0 Å². The van der Waals surface area contributed by atoms with Gasteiger partial charge >= 0.3 is 0 Å². The van der Waals surface area contributed by atoms with Gasteiger partial charge in [-0.3, -0.25) is 0 Å². The van der Waals surface area contributed by atoms with Gasteiger partial charge in [0.1, 0.15) is 24.4 Å². The molecule has 0 bridgehead atoms. The minimum atomic E-state index is 0.0519. The molecule has 2 aliphatic rings. The van der Waals surface area contributed by atoms with Crippen molar-refractivity contribution >= 4 is 0 Å². The highest BCUT2D eigenvalue weighted by Gasteiger charge is 2.47. The van der Waals surface area contributed by atoms with Crippen LogP contribution in [0.3, 0.4) is 0 Å². The van der Waals surface area contributed by atoms with Crippen LogP contribution in [0.1, 0.15) is 117 Å². The summed E-state index contributed by atoms with van der Waals surface area (Å²) in [5.74, 6) is 0. The molecule has 0 radical (unpaired) electrons. The summed E-state index contributed by atoms with van der Waals surface area (Å²) in [7, 11) is 0. The fourth-order valence-electron chi connectivity index (χ4n) is 4.23. The zero-order valence-corrected chi connectivity index (χ0v) is 20.1. The normalized spacial score (nSPS) is 22.2. The molecule has 2 saturated heterocycles. The van der Waals surface area contributed by atoms with Crippen LogP contribution in [0.25, 0.3) is 0 Å². The molecule has 2 aliphatic heterocycles. The van der Waals surface area contributed by atoms with E-state index >= 15 is 0 Å². The molecule has 2 fully saturated rings. The molecule has 4 atom stereocenters. The van der Waals surface area contributed by atoms with Gasteiger partial charge in [0.05, 0.1) is 13.2 Å². The van der Waals surface area contributed by atoms with Crippen LogP contribution in [-0.4, -0.2) is 50.8 Å². The van der Waals surface area contributed by atoms with E-state index in [0.29, 0.717) is 0 Å². The van der Waals surface area contributed by atoms with Crippen molar-refractivity contribution in [3.05, 3.63) is 0 Å². The van der Waals surface area contributed by atoms with Crippen molar-refractivity contribution in [2.75, 3.05) is 26.4 Å². The van der Waals surface area contributed by atoms with Gasteiger partial charge in [-0.1, -0.05) is 104 Å². The Balaban J connectivity index is 1.52. The van der Waals surface area contributed by atoms with Crippen LogP contribution in [0.5, 0.6) is 0 Å². The van der Waals surface area contributed by atoms with Gasteiger partial charge in [-0.05, 0) is 12.8 Å². The molecule has 0 aromatic rings. The number of unbranched alkanes of at least 4 members (excludes halogenated alkanes) is 14. The van der Waals surface area contributed by atoms with E-state index in [4.69, 9.17) is 18.9 Å². The van der Waals surface area contributed by atoms with E-state index in [9.17, 15) is 0 Å². The Labute approximate surface area is 186 Å². The molecule has 0 N–H and O–H groups in total. The van der Waals surface area contributed by atoms with Gasteiger partial charge < -0.3 is 18.9 Å². The van der Waals surface area contributed by atoms with Crippen molar-refractivity contribution in [2.45, 2.75) is 141 Å². The summed E-state index contributed by atoms with van der Waals surface area (Å²) in [5.41, 5.74) is 0. The highest BCUT2D eigenvalue weighted by Crippen LogP contribution is 2.29. The molecule has 0 aliphatic carbocycles. The van der Waals surface area contributed by atoms with E-state index < -0.39 is 0 Å². The van der Waals surface area contributed by atoms with Crippen LogP contribution in [-0.2, 0) is 18.9 Å². The van der Waals surface area contributed by atoms with E-state index in [1.165, 1.54) is 89.9 Å². The highest BCUT2D eigenvalue weighted by molar-refractivity contribution is 4.94. The van der Waals surface area contributed by atoms with Crippen LogP contribution in [0.15, 0.2) is 0 Å². The summed E-state index contributed by atoms with van der Waals surface area (Å²) in [6, 6.07) is 0. The maximum absolute atomic E-state index is 6.28. The average molecular weight is 427 g/mol. The molecular formula is C26H50O4. The van der Waals surface area contributed by atoms with Crippen molar-refractivity contribution in [3.63, 3.8) is 0 Å². The predicted octanol–water partition coefficient (Wildman–Crippen LogP) is 6.84. The summed E-state index contributed by atoms with van der Waals surface area (Å²) >= 11 is 0. The van der Waals surface area contributed by atoms with Gasteiger partial charge in [-0.2, -0.15) is 0 Å². The summed E-state index contributed by atoms with van der Waals surface area (Å²) < 4.78 is 23.7. The second-order valence-corrected chi connectivity index (χ2v) is 9.36. The molecule has 0 aromatic carbocycles. The minimum absolute atomic E-state index is 0.0519. The van der Waals surface area contributed by atoms with Crippen molar-refractivity contribution < 1.29 is 18.9 Å². The van der Waals surface area contributed by atoms with Crippen LogP contribution in [0, 0.1) is 0 Å². The fraction of sp³-hybridized carbons (Fsp3) is 1.00. The third-order valence-electron chi connectivity index (χ3n) is 6.39. The molecule has 30 heavy (non-hydrogen) atoms. The van der Waals surface area contributed by atoms with Gasteiger partial charge in [-0.15, -0.1) is 0 Å². The number of hydrogen-bond donors (Lipinski definition) is 0. The molecule has 2 rings (SSSR count). The Morgan fingerprint density at radius 1 is 0.533 bits per heavy atom. The maximum atomic E-state index is 6.28. The SMILES string of the molecule is CCCCCCCCCCO[C@H]([C@H](OCCCCCCCCCC)[C@@H]1CO1)[C@H]1CO1. The second-order valence-electron chi connectivity index (χ2n) is 9.36. The molecule has 0 unspecified atom stereocenters. The lowest BCUT2D eigenvalue weighted by atomic mass is 10.1. The summed E-state index contributed by atoms with van der Waals surface area (Å²) in [5, 5.41) is 0. The Morgan fingerprint density at radius 2 is 0.833 bits per heavy atom. The Bertz CT molecular complexity index is 345. The van der Waals surface area contributed by atoms with Crippen LogP contribution >= 0.6 is 0 Å². The molecule has 4 nitrogen and oxygen atoms in total. The quantitative estimate of drug-likeness (QED) is 0.133. The van der Waals surface area contributed by atoms with E-state index in [1.54, 1.807) is 0 Å². The summed E-state index contributed by atoms with van der Waals surface area (Å²) in [6.45, 7) is 7.82. The topological polar surface area (TPSA) is 43.5 Å². The lowest BCUT2D eigenvalue weighted by molar-refractivity contribution is -0.0938. The van der Waals surface area contributed by atoms with E-state index in [0.717, 1.165) is 39.3 Å². The second kappa shape index (κ2) is 17.4. The van der Waals surface area contributed by atoms with Gasteiger partial charge in [0, 0.05) is 13.2 Å². The molecule has 4 heteroatoms. The van der Waals surface area contributed by atoms with Crippen molar-refractivity contribution in [1.29, 1.82) is 0 Å². The number of rotatable bonds is 23. The van der Waals surface area contributed by atoms with Gasteiger partial charge in [0.15, 0.2) is 0 Å². The monoisotopic (exact) mass is 426 g/mol. The standard InChI is InChI=1S/C26H50O4/c1-3-5-7-9-11-13-15-17-19-27-25(23-21-29-23)26(24-22-30-24)28-20-18-16-14-12-10-8-6-4-2/h23-26H,3-22H2,1-2H3/t23-,24+,25+,26-. The van der Waals surface area contributed by atoms with E-state index in [2.05, 4.69) is 13.8 Å². The van der Waals surface area contributed by atoms with Crippen LogP contribution in [0.4, 0.5) is 0 Å². The lowest BCUT2D eigenvalue weighted by Crippen LogP contribution is -2.40. The zero-order valence-electron chi connectivity index (χ0n) is 20.1. The lowest BCUT2D eigenvalue weighted by Gasteiger charge is -2.25. The fourth-order valence-corrected chi connectivity index (χ4v) is 4.23. The van der Waals surface area contributed by atoms with Crippen molar-refractivity contribution in [3.8, 4) is 0 Å². The van der Waals surface area contributed by atoms with Gasteiger partial charge in [-0.25, -0.2) is 0 Å². The Hall–Kier alpha value is -0.160. The first-order chi connectivity index (χ1) is 14.9. The largest absolute Gasteiger partial charge is 0.373 e. The number of ether oxygens (including phenoxy) is 4. The van der Waals surface area contributed by atoms with Crippen LogP contribution < -0.4 is 0 Å². The molecular weight excluding hydrogens is 376 g/mol. The summed E-state index contributed by atoms with van der Waals surface area (Å²) in [6.07, 6.45) is 21.8. The van der Waals surface area contributed by atoms with Crippen LogP contribution in [0.2, 0.25) is 0 Å². The Morgan fingerprint density at radius 3 is 1.13 bits per heavy atom. The van der Waals surface area contributed by atoms with Crippen molar-refractivity contribution in [1.82, 2.24) is 0 Å². The minimum Gasteiger partial charge on any atom is -0.373 e. The van der Waals surface area contributed by atoms with Gasteiger partial charge in [0.25, 0.3) is 0 Å². The first-order valence-corrected chi connectivity index (χ1v) is 13.3. The molecule has 0 amide bonds. The molecule has 178 valence electrons. The maximum Gasteiger partial charge on any atom is 0.115 e. The molecule has 0 saturated carbocycles. The number of hydrogen-bond acceptors (Lipinski definition) is 4. The first kappa shape index (κ1) is 26.1. The number of epoxide rings is 2. The van der Waals surface area contributed by atoms with Crippen molar-refractivity contribution in [2.24, 2.45) is 0 Å². The highest BCUT2D eigenvalue weighted by atomic mass is 16.6. The predicted molar refractivity (Wildman–Crippen MR) is 124 cm³/mol. The average Bonchev–Trinajstić information content (AvgIpc) is 3.65.